The van der Waals surface area contributed by atoms with E-state index in [-0.39, 0.29) is 16.5 Å². The summed E-state index contributed by atoms with van der Waals surface area (Å²) in [5.41, 5.74) is 0.0865. The van der Waals surface area contributed by atoms with Crippen LogP contribution in [0.2, 0.25) is 0 Å². The Hall–Kier alpha value is -1.58. The third-order valence-corrected chi connectivity index (χ3v) is 4.95. The Morgan fingerprint density at radius 1 is 1.39 bits per heavy atom. The molecule has 0 saturated heterocycles. The van der Waals surface area contributed by atoms with E-state index in [1.54, 1.807) is 22.9 Å². The summed E-state index contributed by atoms with van der Waals surface area (Å²) in [5, 5.41) is 0. The highest BCUT2D eigenvalue weighted by molar-refractivity contribution is 5.88. The van der Waals surface area contributed by atoms with Crippen molar-refractivity contribution in [3.8, 4) is 0 Å². The molecular weight excluding hydrogens is 290 g/mol. The van der Waals surface area contributed by atoms with E-state index in [0.717, 1.165) is 6.42 Å². The number of pyridine rings is 1. The van der Waals surface area contributed by atoms with Gasteiger partial charge in [-0.1, -0.05) is 40.5 Å². The van der Waals surface area contributed by atoms with Gasteiger partial charge in [-0.05, 0) is 42.2 Å². The average Bonchev–Trinajstić information content (AvgIpc) is 2.47. The zero-order valence-corrected chi connectivity index (χ0v) is 14.8. The molecule has 4 heteroatoms. The Bertz CT molecular complexity index is 601. The molecule has 1 fully saturated rings. The van der Waals surface area contributed by atoms with Crippen LogP contribution in [0.15, 0.2) is 23.1 Å². The topological polar surface area (TPSA) is 48.3 Å². The van der Waals surface area contributed by atoms with Crippen LogP contribution < -0.4 is 5.56 Å². The first-order valence-corrected chi connectivity index (χ1v) is 8.68. The van der Waals surface area contributed by atoms with Gasteiger partial charge in [-0.25, -0.2) is 4.79 Å². The van der Waals surface area contributed by atoms with Crippen LogP contribution in [0.4, 0.5) is 0 Å². The number of hydrogen-bond acceptors (Lipinski definition) is 3. The van der Waals surface area contributed by atoms with Crippen LogP contribution in [0.5, 0.6) is 0 Å². The molecule has 1 aliphatic rings. The highest BCUT2D eigenvalue weighted by atomic mass is 16.5. The number of carbonyl (C=O) groups excluding carboxylic acids is 1. The van der Waals surface area contributed by atoms with Crippen molar-refractivity contribution in [1.82, 2.24) is 4.57 Å². The van der Waals surface area contributed by atoms with Crippen molar-refractivity contribution in [1.29, 1.82) is 0 Å². The molecule has 0 amide bonds. The second kappa shape index (κ2) is 7.33. The van der Waals surface area contributed by atoms with E-state index in [9.17, 15) is 9.59 Å². The molecule has 4 nitrogen and oxygen atoms in total. The number of hydrogen-bond donors (Lipinski definition) is 0. The minimum atomic E-state index is -0.491. The minimum absolute atomic E-state index is 0.141. The second-order valence-electron chi connectivity index (χ2n) is 7.80. The SMILES string of the molecule is CC(C)Cn1cccc(C(=O)OCC2CCCCC2(C)C)c1=O. The van der Waals surface area contributed by atoms with Gasteiger partial charge in [0.15, 0.2) is 0 Å². The summed E-state index contributed by atoms with van der Waals surface area (Å²) in [6.45, 7) is 9.58. The number of rotatable bonds is 5. The molecule has 1 aliphatic carbocycles. The Balaban J connectivity index is 2.05. The van der Waals surface area contributed by atoms with Crippen LogP contribution in [0.25, 0.3) is 0 Å². The molecule has 1 unspecified atom stereocenters. The number of ether oxygens (including phenoxy) is 1. The summed E-state index contributed by atoms with van der Waals surface area (Å²) in [7, 11) is 0. The molecular formula is C19H29NO3. The normalized spacial score (nSPS) is 20.5. The lowest BCUT2D eigenvalue weighted by atomic mass is 9.69. The first-order valence-electron chi connectivity index (χ1n) is 8.68. The van der Waals surface area contributed by atoms with Gasteiger partial charge >= 0.3 is 5.97 Å². The van der Waals surface area contributed by atoms with E-state index < -0.39 is 5.97 Å². The monoisotopic (exact) mass is 319 g/mol. The molecule has 1 aromatic rings. The van der Waals surface area contributed by atoms with Gasteiger partial charge in [-0.2, -0.15) is 0 Å². The summed E-state index contributed by atoms with van der Waals surface area (Å²) in [6, 6.07) is 3.30. The average molecular weight is 319 g/mol. The van der Waals surface area contributed by atoms with E-state index in [2.05, 4.69) is 13.8 Å². The quantitative estimate of drug-likeness (QED) is 0.774. The predicted molar refractivity (Wildman–Crippen MR) is 91.6 cm³/mol. The van der Waals surface area contributed by atoms with Gasteiger partial charge in [0, 0.05) is 12.7 Å². The molecule has 0 N–H and O–H groups in total. The number of carbonyl (C=O) groups is 1. The fraction of sp³-hybridized carbons (Fsp3) is 0.684. The molecule has 128 valence electrons. The maximum Gasteiger partial charge on any atom is 0.343 e. The zero-order chi connectivity index (χ0) is 17.0. The van der Waals surface area contributed by atoms with E-state index in [1.165, 1.54) is 19.3 Å². The second-order valence-corrected chi connectivity index (χ2v) is 7.80. The van der Waals surface area contributed by atoms with Gasteiger partial charge in [-0.15, -0.1) is 0 Å². The Labute approximate surface area is 138 Å². The first kappa shape index (κ1) is 17.8. The summed E-state index contributed by atoms with van der Waals surface area (Å²) in [5.74, 6) is 0.235. The molecule has 0 aliphatic heterocycles. The zero-order valence-electron chi connectivity index (χ0n) is 14.8. The highest BCUT2D eigenvalue weighted by Gasteiger charge is 2.33. The van der Waals surface area contributed by atoms with Crippen molar-refractivity contribution < 1.29 is 9.53 Å². The van der Waals surface area contributed by atoms with E-state index in [0.29, 0.717) is 25.0 Å². The standard InChI is InChI=1S/C19H29NO3/c1-14(2)12-20-11-7-9-16(17(20)21)18(22)23-13-15-8-5-6-10-19(15,3)4/h7,9,11,14-15H,5-6,8,10,12-13H2,1-4H3. The summed E-state index contributed by atoms with van der Waals surface area (Å²) in [6.07, 6.45) is 6.42. The maximum atomic E-state index is 12.4. The third kappa shape index (κ3) is 4.46. The van der Waals surface area contributed by atoms with Gasteiger partial charge < -0.3 is 9.30 Å². The molecule has 1 atom stereocenters. The van der Waals surface area contributed by atoms with Gasteiger partial charge in [0.25, 0.3) is 5.56 Å². The Morgan fingerprint density at radius 3 is 2.78 bits per heavy atom. The molecule has 1 heterocycles. The van der Waals surface area contributed by atoms with Gasteiger partial charge in [-0.3, -0.25) is 4.79 Å². The van der Waals surface area contributed by atoms with Crippen molar-refractivity contribution in [2.24, 2.45) is 17.3 Å². The number of esters is 1. The summed E-state index contributed by atoms with van der Waals surface area (Å²) in [4.78, 5) is 24.7. The van der Waals surface area contributed by atoms with Crippen LogP contribution in [-0.2, 0) is 11.3 Å². The number of aromatic nitrogens is 1. The van der Waals surface area contributed by atoms with E-state index in [4.69, 9.17) is 4.74 Å². The lowest BCUT2D eigenvalue weighted by molar-refractivity contribution is 0.0200. The molecule has 23 heavy (non-hydrogen) atoms. The first-order chi connectivity index (χ1) is 10.8. The van der Waals surface area contributed by atoms with E-state index in [1.807, 2.05) is 13.8 Å². The van der Waals surface area contributed by atoms with Crippen molar-refractivity contribution in [2.75, 3.05) is 6.61 Å². The fourth-order valence-corrected chi connectivity index (χ4v) is 3.36. The minimum Gasteiger partial charge on any atom is -0.462 e. The molecule has 0 bridgehead atoms. The Kier molecular flexibility index (Phi) is 5.66. The smallest absolute Gasteiger partial charge is 0.343 e. The summed E-state index contributed by atoms with van der Waals surface area (Å²) < 4.78 is 7.08. The Morgan fingerprint density at radius 2 is 2.13 bits per heavy atom. The van der Waals surface area contributed by atoms with E-state index >= 15 is 0 Å². The molecule has 0 radical (unpaired) electrons. The van der Waals surface area contributed by atoms with Gasteiger partial charge in [0.05, 0.1) is 6.61 Å². The van der Waals surface area contributed by atoms with Crippen molar-refractivity contribution in [3.05, 3.63) is 34.2 Å². The van der Waals surface area contributed by atoms with Crippen LogP contribution in [0, 0.1) is 17.3 Å². The summed E-state index contributed by atoms with van der Waals surface area (Å²) >= 11 is 0. The van der Waals surface area contributed by atoms with Gasteiger partial charge in [0.1, 0.15) is 5.56 Å². The van der Waals surface area contributed by atoms with Gasteiger partial charge in [0.2, 0.25) is 0 Å². The largest absolute Gasteiger partial charge is 0.462 e. The molecule has 0 spiro atoms. The molecule has 0 aromatic carbocycles. The van der Waals surface area contributed by atoms with Crippen molar-refractivity contribution >= 4 is 5.97 Å². The van der Waals surface area contributed by atoms with Crippen LogP contribution in [0.3, 0.4) is 0 Å². The molecule has 1 aromatic heterocycles. The van der Waals surface area contributed by atoms with Crippen molar-refractivity contribution in [3.63, 3.8) is 0 Å². The van der Waals surface area contributed by atoms with Crippen LogP contribution in [-0.4, -0.2) is 17.1 Å². The third-order valence-electron chi connectivity index (χ3n) is 4.95. The predicted octanol–water partition coefficient (Wildman–Crippen LogP) is 3.88. The van der Waals surface area contributed by atoms with Crippen LogP contribution in [0.1, 0.15) is 63.7 Å². The molecule has 2 rings (SSSR count). The fourth-order valence-electron chi connectivity index (χ4n) is 3.36. The van der Waals surface area contributed by atoms with Crippen molar-refractivity contribution in [2.45, 2.75) is 59.9 Å². The lowest BCUT2D eigenvalue weighted by Gasteiger charge is -2.38. The highest BCUT2D eigenvalue weighted by Crippen LogP contribution is 2.40. The number of nitrogens with zero attached hydrogens (tertiary/aromatic N) is 1. The van der Waals surface area contributed by atoms with Crippen LogP contribution >= 0.6 is 0 Å². The molecule has 1 saturated carbocycles. The lowest BCUT2D eigenvalue weighted by Crippen LogP contribution is -2.33. The maximum absolute atomic E-state index is 12.4.